The number of rotatable bonds is 2. The van der Waals surface area contributed by atoms with E-state index in [-0.39, 0.29) is 0 Å². The molecule has 0 saturated carbocycles. The number of aryl methyl sites for hydroxylation is 2. The molecule has 0 atom stereocenters. The first kappa shape index (κ1) is 12.3. The minimum absolute atomic E-state index is 0.705. The second-order valence-corrected chi connectivity index (χ2v) is 5.43. The summed E-state index contributed by atoms with van der Waals surface area (Å²) in [4.78, 5) is 2.11. The van der Waals surface area contributed by atoms with Crippen LogP contribution in [0, 0.1) is 13.8 Å². The Bertz CT molecular complexity index is 548. The van der Waals surface area contributed by atoms with Gasteiger partial charge in [-0.05, 0) is 48.6 Å². The van der Waals surface area contributed by atoms with Crippen molar-refractivity contribution in [2.24, 2.45) is 0 Å². The molecule has 0 aliphatic heterocycles. The normalized spacial score (nSPS) is 10.6. The van der Waals surface area contributed by atoms with Gasteiger partial charge in [0.1, 0.15) is 0 Å². The van der Waals surface area contributed by atoms with Crippen LogP contribution in [0.4, 0.5) is 16.4 Å². The van der Waals surface area contributed by atoms with Crippen LogP contribution in [0.15, 0.2) is 23.6 Å². The zero-order chi connectivity index (χ0) is 12.6. The van der Waals surface area contributed by atoms with Gasteiger partial charge in [-0.15, -0.1) is 11.3 Å². The van der Waals surface area contributed by atoms with E-state index >= 15 is 0 Å². The molecular formula is C13H15ClN2S. The summed E-state index contributed by atoms with van der Waals surface area (Å²) in [6, 6.07) is 5.94. The summed E-state index contributed by atoms with van der Waals surface area (Å²) in [5.41, 5.74) is 10.0. The molecule has 1 aromatic heterocycles. The third-order valence-corrected chi connectivity index (χ3v) is 4.31. The van der Waals surface area contributed by atoms with E-state index in [2.05, 4.69) is 23.3 Å². The van der Waals surface area contributed by atoms with Crippen molar-refractivity contribution in [1.82, 2.24) is 0 Å². The van der Waals surface area contributed by atoms with Gasteiger partial charge in [0, 0.05) is 12.1 Å². The molecule has 0 amide bonds. The number of benzene rings is 1. The Morgan fingerprint density at radius 3 is 2.53 bits per heavy atom. The standard InChI is InChI=1S/C13H15ClN2S/c1-8-4-5-17-13(8)16(3)12-6-9(2)10(14)7-11(12)15/h4-7H,15H2,1-3H3. The Morgan fingerprint density at radius 2 is 1.94 bits per heavy atom. The van der Waals surface area contributed by atoms with E-state index in [1.807, 2.05) is 26.1 Å². The summed E-state index contributed by atoms with van der Waals surface area (Å²) in [7, 11) is 2.03. The van der Waals surface area contributed by atoms with Gasteiger partial charge in [-0.25, -0.2) is 0 Å². The summed E-state index contributed by atoms with van der Waals surface area (Å²) in [6.07, 6.45) is 0. The first-order chi connectivity index (χ1) is 8.00. The van der Waals surface area contributed by atoms with Gasteiger partial charge in [-0.1, -0.05) is 11.6 Å². The van der Waals surface area contributed by atoms with E-state index in [1.165, 1.54) is 10.6 Å². The predicted octanol–water partition coefficient (Wildman–Crippen LogP) is 4.37. The fourth-order valence-electron chi connectivity index (χ4n) is 1.79. The van der Waals surface area contributed by atoms with Crippen molar-refractivity contribution in [3.8, 4) is 0 Å². The van der Waals surface area contributed by atoms with Crippen LogP contribution >= 0.6 is 22.9 Å². The molecule has 4 heteroatoms. The van der Waals surface area contributed by atoms with Crippen molar-refractivity contribution in [1.29, 1.82) is 0 Å². The van der Waals surface area contributed by atoms with Gasteiger partial charge in [0.05, 0.1) is 16.4 Å². The molecule has 2 nitrogen and oxygen atoms in total. The number of hydrogen-bond donors (Lipinski definition) is 1. The maximum absolute atomic E-state index is 6.05. The number of halogens is 1. The molecule has 0 bridgehead atoms. The Balaban J connectivity index is 2.48. The lowest BCUT2D eigenvalue weighted by Crippen LogP contribution is -2.11. The molecule has 0 aliphatic carbocycles. The van der Waals surface area contributed by atoms with Crippen LogP contribution in [-0.2, 0) is 0 Å². The van der Waals surface area contributed by atoms with Crippen molar-refractivity contribution < 1.29 is 0 Å². The number of nitrogen functional groups attached to an aromatic ring is 1. The Morgan fingerprint density at radius 1 is 1.24 bits per heavy atom. The van der Waals surface area contributed by atoms with Crippen LogP contribution in [0.5, 0.6) is 0 Å². The Labute approximate surface area is 111 Å². The zero-order valence-electron chi connectivity index (χ0n) is 10.1. The van der Waals surface area contributed by atoms with Gasteiger partial charge < -0.3 is 10.6 Å². The minimum atomic E-state index is 0.705. The highest BCUT2D eigenvalue weighted by molar-refractivity contribution is 7.14. The molecule has 0 saturated heterocycles. The van der Waals surface area contributed by atoms with Gasteiger partial charge in [0.2, 0.25) is 0 Å². The fourth-order valence-corrected chi connectivity index (χ4v) is 2.87. The van der Waals surface area contributed by atoms with E-state index in [1.54, 1.807) is 11.3 Å². The van der Waals surface area contributed by atoms with Crippen LogP contribution in [0.25, 0.3) is 0 Å². The van der Waals surface area contributed by atoms with E-state index in [4.69, 9.17) is 17.3 Å². The molecule has 0 aliphatic rings. The summed E-state index contributed by atoms with van der Waals surface area (Å²) < 4.78 is 0. The molecule has 17 heavy (non-hydrogen) atoms. The molecule has 0 fully saturated rings. The average molecular weight is 267 g/mol. The number of hydrogen-bond acceptors (Lipinski definition) is 3. The molecule has 0 spiro atoms. The lowest BCUT2D eigenvalue weighted by molar-refractivity contribution is 1.21. The zero-order valence-corrected chi connectivity index (χ0v) is 11.7. The van der Waals surface area contributed by atoms with Crippen LogP contribution in [0.1, 0.15) is 11.1 Å². The number of thiophene rings is 1. The predicted molar refractivity (Wildman–Crippen MR) is 77.7 cm³/mol. The number of nitrogens with zero attached hydrogens (tertiary/aromatic N) is 1. The van der Waals surface area contributed by atoms with E-state index < -0.39 is 0 Å². The van der Waals surface area contributed by atoms with Gasteiger partial charge in [-0.3, -0.25) is 0 Å². The van der Waals surface area contributed by atoms with Crippen LogP contribution in [0.2, 0.25) is 5.02 Å². The second-order valence-electron chi connectivity index (χ2n) is 4.13. The first-order valence-corrected chi connectivity index (χ1v) is 6.60. The maximum atomic E-state index is 6.05. The molecule has 1 heterocycles. The van der Waals surface area contributed by atoms with Crippen molar-refractivity contribution in [2.75, 3.05) is 17.7 Å². The second kappa shape index (κ2) is 4.59. The van der Waals surface area contributed by atoms with Crippen molar-refractivity contribution in [3.63, 3.8) is 0 Å². The highest BCUT2D eigenvalue weighted by Crippen LogP contribution is 2.36. The highest BCUT2D eigenvalue weighted by Gasteiger charge is 2.12. The van der Waals surface area contributed by atoms with Gasteiger partial charge in [0.15, 0.2) is 0 Å². The summed E-state index contributed by atoms with van der Waals surface area (Å²) in [5.74, 6) is 0. The Hall–Kier alpha value is -1.19. The average Bonchev–Trinajstić information content (AvgIpc) is 2.69. The quantitative estimate of drug-likeness (QED) is 0.818. The lowest BCUT2D eigenvalue weighted by atomic mass is 10.1. The van der Waals surface area contributed by atoms with Gasteiger partial charge >= 0.3 is 0 Å². The van der Waals surface area contributed by atoms with Crippen molar-refractivity contribution in [3.05, 3.63) is 39.7 Å². The van der Waals surface area contributed by atoms with E-state index in [0.29, 0.717) is 10.7 Å². The molecule has 90 valence electrons. The SMILES string of the molecule is Cc1cc(N(C)c2sccc2C)c(N)cc1Cl. The highest BCUT2D eigenvalue weighted by atomic mass is 35.5. The van der Waals surface area contributed by atoms with Crippen LogP contribution in [0.3, 0.4) is 0 Å². The first-order valence-electron chi connectivity index (χ1n) is 5.34. The van der Waals surface area contributed by atoms with Crippen molar-refractivity contribution >= 4 is 39.3 Å². The maximum Gasteiger partial charge on any atom is 0.0980 e. The monoisotopic (exact) mass is 266 g/mol. The molecule has 0 unspecified atom stereocenters. The molecule has 1 aromatic carbocycles. The summed E-state index contributed by atoms with van der Waals surface area (Å²) in [5, 5.41) is 4.00. The van der Waals surface area contributed by atoms with Gasteiger partial charge in [0.25, 0.3) is 0 Å². The lowest BCUT2D eigenvalue weighted by Gasteiger charge is -2.21. The van der Waals surface area contributed by atoms with Crippen LogP contribution in [-0.4, -0.2) is 7.05 Å². The molecule has 0 radical (unpaired) electrons. The van der Waals surface area contributed by atoms with E-state index in [9.17, 15) is 0 Å². The van der Waals surface area contributed by atoms with Crippen LogP contribution < -0.4 is 10.6 Å². The summed E-state index contributed by atoms with van der Waals surface area (Å²) >= 11 is 7.76. The van der Waals surface area contributed by atoms with Crippen molar-refractivity contribution in [2.45, 2.75) is 13.8 Å². The third kappa shape index (κ3) is 2.26. The van der Waals surface area contributed by atoms with Gasteiger partial charge in [-0.2, -0.15) is 0 Å². The molecule has 2 N–H and O–H groups in total. The topological polar surface area (TPSA) is 29.3 Å². The largest absolute Gasteiger partial charge is 0.397 e. The fraction of sp³-hybridized carbons (Fsp3) is 0.231. The summed E-state index contributed by atoms with van der Waals surface area (Å²) in [6.45, 7) is 4.09. The minimum Gasteiger partial charge on any atom is -0.397 e. The third-order valence-electron chi connectivity index (χ3n) is 2.81. The molecule has 2 rings (SSSR count). The molecule has 2 aromatic rings. The Kier molecular flexibility index (Phi) is 3.31. The van der Waals surface area contributed by atoms with E-state index in [0.717, 1.165) is 11.3 Å². The molecular weight excluding hydrogens is 252 g/mol. The number of anilines is 3. The smallest absolute Gasteiger partial charge is 0.0980 e. The number of nitrogens with two attached hydrogens (primary N) is 1.